The molecule has 3 nitrogen and oxygen atoms in total. The lowest BCUT2D eigenvalue weighted by Gasteiger charge is -2.13. The number of nitrogens with zero attached hydrogens (tertiary/aromatic N) is 1. The highest BCUT2D eigenvalue weighted by atomic mass is 16.5. The van der Waals surface area contributed by atoms with Crippen molar-refractivity contribution in [2.75, 3.05) is 11.9 Å². The number of hydrogen-bond donors (Lipinski definition) is 1. The van der Waals surface area contributed by atoms with Gasteiger partial charge in [-0.3, -0.25) is 0 Å². The molecule has 3 heteroatoms. The lowest BCUT2D eigenvalue weighted by atomic mass is 10.1. The van der Waals surface area contributed by atoms with Crippen LogP contribution in [0.25, 0.3) is 0 Å². The first-order valence-corrected chi connectivity index (χ1v) is 6.13. The fourth-order valence-electron chi connectivity index (χ4n) is 2.10. The van der Waals surface area contributed by atoms with E-state index in [1.807, 2.05) is 24.3 Å². The minimum absolute atomic E-state index is 0.337. The van der Waals surface area contributed by atoms with E-state index >= 15 is 0 Å². The van der Waals surface area contributed by atoms with Gasteiger partial charge in [0.15, 0.2) is 0 Å². The summed E-state index contributed by atoms with van der Waals surface area (Å²) in [4.78, 5) is 0. The van der Waals surface area contributed by atoms with Gasteiger partial charge in [0, 0.05) is 12.2 Å². The highest BCUT2D eigenvalue weighted by Crippen LogP contribution is 2.19. The van der Waals surface area contributed by atoms with Crippen LogP contribution < -0.4 is 5.32 Å². The fourth-order valence-corrected chi connectivity index (χ4v) is 2.10. The van der Waals surface area contributed by atoms with Crippen molar-refractivity contribution in [3.8, 4) is 6.07 Å². The largest absolute Gasteiger partial charge is 0.382 e. The van der Waals surface area contributed by atoms with Crippen LogP contribution in [-0.2, 0) is 11.2 Å². The van der Waals surface area contributed by atoms with Gasteiger partial charge in [-0.25, -0.2) is 0 Å². The van der Waals surface area contributed by atoms with E-state index in [-0.39, 0.29) is 0 Å². The average Bonchev–Trinajstić information content (AvgIpc) is 2.75. The Bertz CT molecular complexity index is 394. The van der Waals surface area contributed by atoms with Crippen LogP contribution in [0.15, 0.2) is 24.3 Å². The standard InChI is InChI=1S/C14H18N2O/c1-11-2-7-14(17-11)10-16-13-5-3-12(4-6-13)8-9-15/h3-6,11,14,16H,2,7-8,10H2,1H3. The maximum atomic E-state index is 8.58. The molecule has 1 aliphatic rings. The maximum absolute atomic E-state index is 8.58. The third kappa shape index (κ3) is 3.47. The summed E-state index contributed by atoms with van der Waals surface area (Å²) in [6.45, 7) is 2.98. The molecular weight excluding hydrogens is 212 g/mol. The molecule has 0 aromatic heterocycles. The predicted molar refractivity (Wildman–Crippen MR) is 67.8 cm³/mol. The molecule has 1 heterocycles. The van der Waals surface area contributed by atoms with Crippen LogP contribution in [0.5, 0.6) is 0 Å². The molecule has 0 radical (unpaired) electrons. The highest BCUT2D eigenvalue weighted by Gasteiger charge is 2.20. The lowest BCUT2D eigenvalue weighted by molar-refractivity contribution is 0.0637. The molecule has 17 heavy (non-hydrogen) atoms. The molecule has 1 N–H and O–H groups in total. The summed E-state index contributed by atoms with van der Waals surface area (Å²) in [5.74, 6) is 0. The van der Waals surface area contributed by atoms with Gasteiger partial charge in [-0.15, -0.1) is 0 Å². The van der Waals surface area contributed by atoms with Crippen LogP contribution in [0.3, 0.4) is 0 Å². The monoisotopic (exact) mass is 230 g/mol. The third-order valence-corrected chi connectivity index (χ3v) is 3.09. The molecule has 1 aromatic carbocycles. The molecule has 2 unspecified atom stereocenters. The van der Waals surface area contributed by atoms with Gasteiger partial charge in [0.25, 0.3) is 0 Å². The normalized spacial score (nSPS) is 23.3. The second kappa shape index (κ2) is 5.70. The summed E-state index contributed by atoms with van der Waals surface area (Å²) in [6.07, 6.45) is 3.51. The number of nitrogens with one attached hydrogen (secondary N) is 1. The van der Waals surface area contributed by atoms with Crippen LogP contribution in [0.4, 0.5) is 5.69 Å². The molecule has 2 rings (SSSR count). The maximum Gasteiger partial charge on any atom is 0.0751 e. The molecule has 0 saturated carbocycles. The topological polar surface area (TPSA) is 45.0 Å². The molecule has 0 amide bonds. The summed E-state index contributed by atoms with van der Waals surface area (Å²) in [6, 6.07) is 10.2. The Morgan fingerprint density at radius 3 is 2.71 bits per heavy atom. The number of anilines is 1. The summed E-state index contributed by atoms with van der Waals surface area (Å²) >= 11 is 0. The number of hydrogen-bond acceptors (Lipinski definition) is 3. The summed E-state index contributed by atoms with van der Waals surface area (Å²) < 4.78 is 5.74. The van der Waals surface area contributed by atoms with Gasteiger partial charge in [0.1, 0.15) is 0 Å². The summed E-state index contributed by atoms with van der Waals surface area (Å²) in [5, 5.41) is 11.9. The first kappa shape index (κ1) is 11.9. The minimum Gasteiger partial charge on any atom is -0.382 e. The summed E-state index contributed by atoms with van der Waals surface area (Å²) in [7, 11) is 0. The summed E-state index contributed by atoms with van der Waals surface area (Å²) in [5.41, 5.74) is 2.15. The van der Waals surface area contributed by atoms with E-state index in [0.29, 0.717) is 18.6 Å². The predicted octanol–water partition coefficient (Wildman–Crippen LogP) is 2.73. The molecule has 1 aromatic rings. The zero-order valence-corrected chi connectivity index (χ0v) is 10.1. The van der Waals surface area contributed by atoms with Gasteiger partial charge >= 0.3 is 0 Å². The minimum atomic E-state index is 0.337. The Balaban J connectivity index is 1.81. The van der Waals surface area contributed by atoms with Crippen LogP contribution in [0.1, 0.15) is 25.3 Å². The molecule has 0 spiro atoms. The van der Waals surface area contributed by atoms with Gasteiger partial charge in [0.2, 0.25) is 0 Å². The van der Waals surface area contributed by atoms with Crippen molar-refractivity contribution in [3.05, 3.63) is 29.8 Å². The first-order chi connectivity index (χ1) is 8.28. The zero-order chi connectivity index (χ0) is 12.1. The van der Waals surface area contributed by atoms with E-state index in [0.717, 1.165) is 30.6 Å². The second-order valence-corrected chi connectivity index (χ2v) is 4.56. The molecule has 0 aliphatic carbocycles. The zero-order valence-electron chi connectivity index (χ0n) is 10.1. The van der Waals surface area contributed by atoms with Crippen molar-refractivity contribution in [2.45, 2.75) is 38.4 Å². The van der Waals surface area contributed by atoms with Crippen molar-refractivity contribution in [1.29, 1.82) is 5.26 Å². The highest BCUT2D eigenvalue weighted by molar-refractivity contribution is 5.45. The Morgan fingerprint density at radius 1 is 1.35 bits per heavy atom. The molecule has 90 valence electrons. The fraction of sp³-hybridized carbons (Fsp3) is 0.500. The van der Waals surface area contributed by atoms with E-state index in [2.05, 4.69) is 18.3 Å². The third-order valence-electron chi connectivity index (χ3n) is 3.09. The smallest absolute Gasteiger partial charge is 0.0751 e. The molecule has 0 bridgehead atoms. The number of nitriles is 1. The van der Waals surface area contributed by atoms with E-state index in [1.54, 1.807) is 0 Å². The quantitative estimate of drug-likeness (QED) is 0.865. The molecule has 1 saturated heterocycles. The molecule has 2 atom stereocenters. The molecular formula is C14H18N2O. The van der Waals surface area contributed by atoms with Gasteiger partial charge in [-0.05, 0) is 37.5 Å². The van der Waals surface area contributed by atoms with Crippen molar-refractivity contribution in [1.82, 2.24) is 0 Å². The van der Waals surface area contributed by atoms with Crippen LogP contribution >= 0.6 is 0 Å². The van der Waals surface area contributed by atoms with E-state index < -0.39 is 0 Å². The van der Waals surface area contributed by atoms with Crippen molar-refractivity contribution < 1.29 is 4.74 Å². The number of ether oxygens (including phenoxy) is 1. The van der Waals surface area contributed by atoms with E-state index in [1.165, 1.54) is 0 Å². The Labute approximate surface area is 102 Å². The van der Waals surface area contributed by atoms with E-state index in [9.17, 15) is 0 Å². The Morgan fingerprint density at radius 2 is 2.12 bits per heavy atom. The van der Waals surface area contributed by atoms with Gasteiger partial charge < -0.3 is 10.1 Å². The van der Waals surface area contributed by atoms with Crippen LogP contribution in [-0.4, -0.2) is 18.8 Å². The molecule has 1 aliphatic heterocycles. The number of rotatable bonds is 4. The van der Waals surface area contributed by atoms with Crippen molar-refractivity contribution in [3.63, 3.8) is 0 Å². The van der Waals surface area contributed by atoms with E-state index in [4.69, 9.17) is 10.00 Å². The van der Waals surface area contributed by atoms with Crippen LogP contribution in [0, 0.1) is 11.3 Å². The SMILES string of the molecule is CC1CCC(CNc2ccc(CC#N)cc2)O1. The van der Waals surface area contributed by atoms with Gasteiger partial charge in [-0.1, -0.05) is 12.1 Å². The number of benzene rings is 1. The second-order valence-electron chi connectivity index (χ2n) is 4.56. The van der Waals surface area contributed by atoms with Gasteiger partial charge in [-0.2, -0.15) is 5.26 Å². The Hall–Kier alpha value is -1.53. The average molecular weight is 230 g/mol. The van der Waals surface area contributed by atoms with Crippen LogP contribution in [0.2, 0.25) is 0 Å². The molecule has 1 fully saturated rings. The van der Waals surface area contributed by atoms with Crippen molar-refractivity contribution in [2.24, 2.45) is 0 Å². The first-order valence-electron chi connectivity index (χ1n) is 6.13. The Kier molecular flexibility index (Phi) is 4.00. The lowest BCUT2D eigenvalue weighted by Crippen LogP contribution is -2.19. The van der Waals surface area contributed by atoms with Gasteiger partial charge in [0.05, 0.1) is 24.7 Å². The van der Waals surface area contributed by atoms with Crippen molar-refractivity contribution >= 4 is 5.69 Å².